The predicted molar refractivity (Wildman–Crippen MR) is 79.0 cm³/mol. The molecule has 2 aromatic carbocycles. The normalized spacial score (nSPS) is 22.1. The Balaban J connectivity index is 2.11. The third kappa shape index (κ3) is 2.48. The first-order chi connectivity index (χ1) is 9.31. The second-order valence-electron chi connectivity index (χ2n) is 4.91. The van der Waals surface area contributed by atoms with Crippen molar-refractivity contribution in [2.45, 2.75) is 19.4 Å². The molecule has 2 aromatic rings. The Morgan fingerprint density at radius 1 is 0.895 bits per heavy atom. The van der Waals surface area contributed by atoms with Crippen LogP contribution in [-0.4, -0.2) is 26.7 Å². The molecule has 1 aliphatic rings. The molecular weight excluding hydrogens is 297 g/mol. The summed E-state index contributed by atoms with van der Waals surface area (Å²) in [6.45, 7) is 2.94. The second-order valence-corrected chi connectivity index (χ2v) is 11.0. The molecule has 1 heterocycles. The Hall–Kier alpha value is -1.10. The fourth-order valence-electron chi connectivity index (χ4n) is 2.53. The monoisotopic (exact) mass is 316 g/mol. The molecule has 0 bridgehead atoms. The van der Waals surface area contributed by atoms with Crippen molar-refractivity contribution in [2.24, 2.45) is 0 Å². The van der Waals surface area contributed by atoms with Gasteiger partial charge in [-0.15, -0.1) is 0 Å². The van der Waals surface area contributed by atoms with Crippen LogP contribution in [0.1, 0.15) is 13.3 Å². The second kappa shape index (κ2) is 5.49. The summed E-state index contributed by atoms with van der Waals surface area (Å²) in [4.78, 5) is 0. The van der Waals surface area contributed by atoms with Crippen LogP contribution in [0.25, 0.3) is 0 Å². The van der Waals surface area contributed by atoms with Crippen LogP contribution < -0.4 is 8.79 Å². The van der Waals surface area contributed by atoms with Crippen LogP contribution in [0.2, 0.25) is 0 Å². The summed E-state index contributed by atoms with van der Waals surface area (Å²) in [5.41, 5.74) is 0. The summed E-state index contributed by atoms with van der Waals surface area (Å²) in [5.74, 6) is 0. The van der Waals surface area contributed by atoms with Crippen molar-refractivity contribution in [3.63, 3.8) is 0 Å². The standard InChI is InChI=1S/C16H18GeO2/c1-14-12-13-18-17(19-14,15-8-4-2-5-9-15)16-10-6-3-7-11-16/h2-11,14H,12-13H2,1H3. The van der Waals surface area contributed by atoms with E-state index >= 15 is 0 Å². The molecule has 1 fully saturated rings. The van der Waals surface area contributed by atoms with E-state index in [2.05, 4.69) is 55.5 Å². The Kier molecular flexibility index (Phi) is 3.73. The molecule has 1 unspecified atom stereocenters. The van der Waals surface area contributed by atoms with Crippen molar-refractivity contribution in [1.82, 2.24) is 0 Å². The van der Waals surface area contributed by atoms with Crippen molar-refractivity contribution in [2.75, 3.05) is 6.61 Å². The van der Waals surface area contributed by atoms with E-state index in [0.717, 1.165) is 13.0 Å². The van der Waals surface area contributed by atoms with Gasteiger partial charge in [0.1, 0.15) is 0 Å². The van der Waals surface area contributed by atoms with Gasteiger partial charge in [-0.25, -0.2) is 0 Å². The number of benzene rings is 2. The van der Waals surface area contributed by atoms with Crippen molar-refractivity contribution in [3.8, 4) is 0 Å². The van der Waals surface area contributed by atoms with Gasteiger partial charge in [-0.3, -0.25) is 0 Å². The zero-order valence-corrected chi connectivity index (χ0v) is 13.2. The van der Waals surface area contributed by atoms with E-state index < -0.39 is 13.9 Å². The fraction of sp³-hybridized carbons (Fsp3) is 0.250. The van der Waals surface area contributed by atoms with E-state index in [1.807, 2.05) is 12.1 Å². The molecule has 0 aromatic heterocycles. The van der Waals surface area contributed by atoms with Gasteiger partial charge in [0, 0.05) is 0 Å². The van der Waals surface area contributed by atoms with Gasteiger partial charge >= 0.3 is 117 Å². The topological polar surface area (TPSA) is 18.5 Å². The minimum absolute atomic E-state index is 0.272. The van der Waals surface area contributed by atoms with E-state index in [9.17, 15) is 0 Å². The fourth-order valence-corrected chi connectivity index (χ4v) is 9.58. The molecular formula is C16H18GeO2. The van der Waals surface area contributed by atoms with Crippen LogP contribution in [-0.2, 0) is 7.53 Å². The molecule has 19 heavy (non-hydrogen) atoms. The Bertz CT molecular complexity index is 487. The molecule has 0 saturated carbocycles. The average Bonchev–Trinajstić information content (AvgIpc) is 2.49. The van der Waals surface area contributed by atoms with Crippen LogP contribution in [0.4, 0.5) is 0 Å². The van der Waals surface area contributed by atoms with Crippen LogP contribution >= 0.6 is 0 Å². The minimum atomic E-state index is -3.10. The van der Waals surface area contributed by atoms with Gasteiger partial charge in [0.25, 0.3) is 0 Å². The van der Waals surface area contributed by atoms with Gasteiger partial charge in [-0.2, -0.15) is 0 Å². The van der Waals surface area contributed by atoms with Crippen LogP contribution in [0.5, 0.6) is 0 Å². The molecule has 3 rings (SSSR count). The zero-order valence-electron chi connectivity index (χ0n) is 11.1. The summed E-state index contributed by atoms with van der Waals surface area (Å²) >= 11 is -3.10. The SMILES string of the molecule is CC1CC[O][Ge]([c]2ccccc2)([c]2ccccc2)[O]1. The number of rotatable bonds is 2. The summed E-state index contributed by atoms with van der Waals surface area (Å²) in [6.07, 6.45) is 1.25. The molecule has 0 N–H and O–H groups in total. The Labute approximate surface area is 117 Å². The molecule has 98 valence electrons. The quantitative estimate of drug-likeness (QED) is 0.790. The molecule has 1 atom stereocenters. The van der Waals surface area contributed by atoms with E-state index in [-0.39, 0.29) is 6.10 Å². The molecule has 1 aliphatic heterocycles. The zero-order chi connectivity index (χ0) is 13.1. The first-order valence-corrected chi connectivity index (χ1v) is 10.6. The van der Waals surface area contributed by atoms with Gasteiger partial charge in [-0.1, -0.05) is 0 Å². The molecule has 3 heteroatoms. The predicted octanol–water partition coefficient (Wildman–Crippen LogP) is 2.07. The first-order valence-electron chi connectivity index (χ1n) is 6.74. The van der Waals surface area contributed by atoms with Gasteiger partial charge < -0.3 is 0 Å². The van der Waals surface area contributed by atoms with Gasteiger partial charge in [0.05, 0.1) is 0 Å². The Morgan fingerprint density at radius 3 is 1.89 bits per heavy atom. The molecule has 0 amide bonds. The van der Waals surface area contributed by atoms with Crippen molar-refractivity contribution >= 4 is 22.7 Å². The number of hydrogen-bond acceptors (Lipinski definition) is 2. The molecule has 0 radical (unpaired) electrons. The van der Waals surface area contributed by atoms with Crippen LogP contribution in [0.15, 0.2) is 60.7 Å². The maximum atomic E-state index is 6.41. The summed E-state index contributed by atoms with van der Waals surface area (Å²) in [7, 11) is 0. The third-order valence-corrected chi connectivity index (χ3v) is 10.9. The van der Waals surface area contributed by atoms with E-state index in [1.165, 1.54) is 8.79 Å². The van der Waals surface area contributed by atoms with E-state index in [0.29, 0.717) is 0 Å². The van der Waals surface area contributed by atoms with E-state index in [1.54, 1.807) is 0 Å². The average molecular weight is 315 g/mol. The third-order valence-electron chi connectivity index (χ3n) is 3.50. The molecule has 1 saturated heterocycles. The van der Waals surface area contributed by atoms with Gasteiger partial charge in [0.15, 0.2) is 0 Å². The molecule has 2 nitrogen and oxygen atoms in total. The van der Waals surface area contributed by atoms with Gasteiger partial charge in [-0.05, 0) is 0 Å². The maximum absolute atomic E-state index is 6.41. The van der Waals surface area contributed by atoms with E-state index in [4.69, 9.17) is 7.53 Å². The number of hydrogen-bond donors (Lipinski definition) is 0. The molecule has 0 spiro atoms. The Morgan fingerprint density at radius 2 is 1.42 bits per heavy atom. The van der Waals surface area contributed by atoms with Gasteiger partial charge in [0.2, 0.25) is 0 Å². The first kappa shape index (κ1) is 12.9. The molecule has 0 aliphatic carbocycles. The summed E-state index contributed by atoms with van der Waals surface area (Å²) in [5, 5.41) is 0. The van der Waals surface area contributed by atoms with Crippen LogP contribution in [0.3, 0.4) is 0 Å². The summed E-state index contributed by atoms with van der Waals surface area (Å²) in [6, 6.07) is 20.9. The van der Waals surface area contributed by atoms with Crippen molar-refractivity contribution in [1.29, 1.82) is 0 Å². The summed E-state index contributed by atoms with van der Waals surface area (Å²) < 4.78 is 15.2. The van der Waals surface area contributed by atoms with Crippen LogP contribution in [0, 0.1) is 0 Å². The van der Waals surface area contributed by atoms with Crippen molar-refractivity contribution < 1.29 is 7.53 Å². The van der Waals surface area contributed by atoms with Crippen molar-refractivity contribution in [3.05, 3.63) is 60.7 Å².